The molecule has 1 unspecified atom stereocenters. The second-order valence-corrected chi connectivity index (χ2v) is 5.80. The molecule has 0 aliphatic carbocycles. The maximum Gasteiger partial charge on any atom is 0.401 e. The number of halogens is 5. The fourth-order valence-electron chi connectivity index (χ4n) is 2.62. The van der Waals surface area contributed by atoms with Crippen LogP contribution in [0.15, 0.2) is 29.3 Å². The number of aliphatic imine (C=N–C) groups is 1. The molecule has 1 aliphatic rings. The number of nitrogens with zero attached hydrogens (tertiary/aromatic N) is 2. The van der Waals surface area contributed by atoms with Crippen LogP contribution in [0.1, 0.15) is 18.9 Å². The number of guanidine groups is 1. The maximum absolute atomic E-state index is 12.9. The average Bonchev–Trinajstić information content (AvgIpc) is 2.91. The van der Waals surface area contributed by atoms with Gasteiger partial charge in [0.25, 0.3) is 0 Å². The van der Waals surface area contributed by atoms with E-state index in [1.165, 1.54) is 17.0 Å². The second kappa shape index (κ2) is 10.1. The Morgan fingerprint density at radius 3 is 2.56 bits per heavy atom. The van der Waals surface area contributed by atoms with E-state index in [1.54, 1.807) is 12.1 Å². The van der Waals surface area contributed by atoms with Crippen LogP contribution in [0.25, 0.3) is 0 Å². The van der Waals surface area contributed by atoms with Crippen LogP contribution in [0.2, 0.25) is 0 Å². The van der Waals surface area contributed by atoms with Crippen molar-refractivity contribution in [2.45, 2.75) is 32.1 Å². The van der Waals surface area contributed by atoms with Gasteiger partial charge in [-0.05, 0) is 31.0 Å². The molecule has 1 fully saturated rings. The Morgan fingerprint density at radius 1 is 1.28 bits per heavy atom. The molecular formula is C16H23F4IN4. The van der Waals surface area contributed by atoms with Crippen LogP contribution >= 0.6 is 24.0 Å². The van der Waals surface area contributed by atoms with Gasteiger partial charge in [0.05, 0.1) is 13.1 Å². The van der Waals surface area contributed by atoms with Gasteiger partial charge in [0, 0.05) is 25.7 Å². The molecule has 2 N–H and O–H groups in total. The van der Waals surface area contributed by atoms with Crippen LogP contribution in [-0.4, -0.2) is 49.3 Å². The van der Waals surface area contributed by atoms with Crippen LogP contribution in [-0.2, 0) is 6.54 Å². The van der Waals surface area contributed by atoms with E-state index in [0.717, 1.165) is 5.56 Å². The Morgan fingerprint density at radius 2 is 1.96 bits per heavy atom. The predicted octanol–water partition coefficient (Wildman–Crippen LogP) is 3.14. The first kappa shape index (κ1) is 21.9. The molecule has 25 heavy (non-hydrogen) atoms. The average molecular weight is 474 g/mol. The predicted molar refractivity (Wildman–Crippen MR) is 101 cm³/mol. The third-order valence-electron chi connectivity index (χ3n) is 3.69. The van der Waals surface area contributed by atoms with Crippen molar-refractivity contribution in [3.05, 3.63) is 35.6 Å². The van der Waals surface area contributed by atoms with Gasteiger partial charge in [-0.25, -0.2) is 9.38 Å². The van der Waals surface area contributed by atoms with Crippen molar-refractivity contribution in [1.29, 1.82) is 0 Å². The summed E-state index contributed by atoms with van der Waals surface area (Å²) >= 11 is 0. The smallest absolute Gasteiger partial charge is 0.357 e. The van der Waals surface area contributed by atoms with Crippen molar-refractivity contribution >= 4 is 29.9 Å². The summed E-state index contributed by atoms with van der Waals surface area (Å²) in [4.78, 5) is 5.80. The van der Waals surface area contributed by atoms with E-state index >= 15 is 0 Å². The van der Waals surface area contributed by atoms with Gasteiger partial charge >= 0.3 is 6.18 Å². The summed E-state index contributed by atoms with van der Waals surface area (Å²) in [7, 11) is 0. The minimum Gasteiger partial charge on any atom is -0.357 e. The SMILES string of the molecule is CCNC(=NCc1ccc(F)cc1)NC1CCN(CC(F)(F)F)C1.I. The summed E-state index contributed by atoms with van der Waals surface area (Å²) in [6.45, 7) is 2.80. The van der Waals surface area contributed by atoms with E-state index in [2.05, 4.69) is 15.6 Å². The summed E-state index contributed by atoms with van der Waals surface area (Å²) in [5.41, 5.74) is 0.860. The summed E-state index contributed by atoms with van der Waals surface area (Å²) < 4.78 is 50.2. The number of hydrogen-bond acceptors (Lipinski definition) is 2. The first-order valence-corrected chi connectivity index (χ1v) is 7.94. The van der Waals surface area contributed by atoms with E-state index in [1.807, 2.05) is 6.92 Å². The molecule has 0 radical (unpaired) electrons. The molecule has 1 aromatic carbocycles. The minimum atomic E-state index is -4.17. The van der Waals surface area contributed by atoms with Crippen LogP contribution in [0, 0.1) is 5.82 Å². The topological polar surface area (TPSA) is 39.7 Å². The number of hydrogen-bond donors (Lipinski definition) is 2. The fraction of sp³-hybridized carbons (Fsp3) is 0.562. The van der Waals surface area contributed by atoms with Crippen LogP contribution < -0.4 is 10.6 Å². The lowest BCUT2D eigenvalue weighted by atomic mass is 10.2. The summed E-state index contributed by atoms with van der Waals surface area (Å²) in [6.07, 6.45) is -3.53. The highest BCUT2D eigenvalue weighted by Crippen LogP contribution is 2.19. The van der Waals surface area contributed by atoms with Gasteiger partial charge in [-0.1, -0.05) is 12.1 Å². The van der Waals surface area contributed by atoms with Gasteiger partial charge in [-0.15, -0.1) is 24.0 Å². The summed E-state index contributed by atoms with van der Waals surface area (Å²) in [5, 5.41) is 6.25. The number of nitrogens with one attached hydrogen (secondary N) is 2. The lowest BCUT2D eigenvalue weighted by molar-refractivity contribution is -0.143. The molecule has 2 rings (SSSR count). The molecule has 4 nitrogen and oxygen atoms in total. The van der Waals surface area contributed by atoms with Crippen LogP contribution in [0.5, 0.6) is 0 Å². The Labute approximate surface area is 162 Å². The first-order chi connectivity index (χ1) is 11.4. The zero-order chi connectivity index (χ0) is 17.6. The number of benzene rings is 1. The molecule has 142 valence electrons. The highest BCUT2D eigenvalue weighted by molar-refractivity contribution is 14.0. The monoisotopic (exact) mass is 474 g/mol. The maximum atomic E-state index is 12.9. The largest absolute Gasteiger partial charge is 0.401 e. The second-order valence-electron chi connectivity index (χ2n) is 5.80. The first-order valence-electron chi connectivity index (χ1n) is 7.94. The Bertz CT molecular complexity index is 548. The van der Waals surface area contributed by atoms with Crippen molar-refractivity contribution in [3.63, 3.8) is 0 Å². The van der Waals surface area contributed by atoms with Crippen molar-refractivity contribution in [2.24, 2.45) is 4.99 Å². The highest BCUT2D eigenvalue weighted by atomic mass is 127. The quantitative estimate of drug-likeness (QED) is 0.298. The van der Waals surface area contributed by atoms with E-state index in [0.29, 0.717) is 38.6 Å². The summed E-state index contributed by atoms with van der Waals surface area (Å²) in [6, 6.07) is 5.99. The lowest BCUT2D eigenvalue weighted by Gasteiger charge is -2.19. The normalized spacial score (nSPS) is 18.8. The molecule has 0 spiro atoms. The molecule has 0 bridgehead atoms. The third-order valence-corrected chi connectivity index (χ3v) is 3.69. The molecule has 1 atom stereocenters. The Balaban J connectivity index is 0.00000312. The minimum absolute atomic E-state index is 0. The third kappa shape index (κ3) is 8.21. The standard InChI is InChI=1S/C16H22F4N4.HI/c1-2-21-15(22-9-12-3-5-13(17)6-4-12)23-14-7-8-24(10-14)11-16(18,19)20;/h3-6,14H,2,7-11H2,1H3,(H2,21,22,23);1H. The van der Waals surface area contributed by atoms with Crippen molar-refractivity contribution in [2.75, 3.05) is 26.2 Å². The Hall–Kier alpha value is -1.10. The molecule has 0 saturated carbocycles. The highest BCUT2D eigenvalue weighted by Gasteiger charge is 2.34. The lowest BCUT2D eigenvalue weighted by Crippen LogP contribution is -2.45. The molecule has 9 heteroatoms. The number of likely N-dealkylation sites (tertiary alicyclic amines) is 1. The molecular weight excluding hydrogens is 451 g/mol. The van der Waals surface area contributed by atoms with Crippen molar-refractivity contribution in [1.82, 2.24) is 15.5 Å². The molecule has 1 aromatic rings. The molecule has 0 amide bonds. The van der Waals surface area contributed by atoms with Crippen LogP contribution in [0.4, 0.5) is 17.6 Å². The van der Waals surface area contributed by atoms with Crippen LogP contribution in [0.3, 0.4) is 0 Å². The van der Waals surface area contributed by atoms with E-state index in [-0.39, 0.29) is 35.8 Å². The molecule has 1 saturated heterocycles. The van der Waals surface area contributed by atoms with Gasteiger partial charge < -0.3 is 10.6 Å². The van der Waals surface area contributed by atoms with E-state index in [9.17, 15) is 17.6 Å². The van der Waals surface area contributed by atoms with Gasteiger partial charge in [0.1, 0.15) is 5.82 Å². The van der Waals surface area contributed by atoms with Crippen molar-refractivity contribution < 1.29 is 17.6 Å². The van der Waals surface area contributed by atoms with E-state index in [4.69, 9.17) is 0 Å². The summed E-state index contributed by atoms with van der Waals surface area (Å²) in [5.74, 6) is 0.254. The number of alkyl halides is 3. The molecule has 0 aromatic heterocycles. The Kier molecular flexibility index (Phi) is 8.91. The fourth-order valence-corrected chi connectivity index (χ4v) is 2.62. The van der Waals surface area contributed by atoms with Gasteiger partial charge in [0.2, 0.25) is 0 Å². The van der Waals surface area contributed by atoms with Gasteiger partial charge in [-0.3, -0.25) is 4.90 Å². The zero-order valence-electron chi connectivity index (χ0n) is 13.9. The number of rotatable bonds is 5. The van der Waals surface area contributed by atoms with Gasteiger partial charge in [-0.2, -0.15) is 13.2 Å². The van der Waals surface area contributed by atoms with Gasteiger partial charge in [0.15, 0.2) is 5.96 Å². The zero-order valence-corrected chi connectivity index (χ0v) is 16.3. The van der Waals surface area contributed by atoms with Crippen molar-refractivity contribution in [3.8, 4) is 0 Å². The van der Waals surface area contributed by atoms with E-state index < -0.39 is 12.7 Å². The molecule has 1 heterocycles. The molecule has 1 aliphatic heterocycles.